The fourth-order valence-corrected chi connectivity index (χ4v) is 1.93. The van der Waals surface area contributed by atoms with Crippen LogP contribution in [0, 0.1) is 6.92 Å². The average Bonchev–Trinajstić information content (AvgIpc) is 2.86. The quantitative estimate of drug-likeness (QED) is 0.773. The van der Waals surface area contributed by atoms with E-state index in [0.717, 1.165) is 12.0 Å². The van der Waals surface area contributed by atoms with Crippen molar-refractivity contribution in [1.29, 1.82) is 0 Å². The minimum Gasteiger partial charge on any atom is -0.496 e. The molecule has 1 heterocycles. The molecule has 19 heavy (non-hydrogen) atoms. The molecule has 0 aliphatic carbocycles. The molecule has 0 unspecified atom stereocenters. The molecule has 0 aliphatic rings. The summed E-state index contributed by atoms with van der Waals surface area (Å²) in [5.41, 5.74) is 2.07. The Morgan fingerprint density at radius 3 is 2.89 bits per heavy atom. The highest BCUT2D eigenvalue weighted by Gasteiger charge is 2.18. The van der Waals surface area contributed by atoms with Crippen molar-refractivity contribution in [2.75, 3.05) is 7.11 Å². The van der Waals surface area contributed by atoms with Crippen molar-refractivity contribution in [1.82, 2.24) is 15.0 Å². The molecule has 0 amide bonds. The smallest absolute Gasteiger partial charge is 0.216 e. The van der Waals surface area contributed by atoms with Crippen molar-refractivity contribution in [3.05, 3.63) is 41.2 Å². The van der Waals surface area contributed by atoms with Crippen molar-refractivity contribution < 1.29 is 9.53 Å². The summed E-state index contributed by atoms with van der Waals surface area (Å²) in [5, 5.41) is 7.74. The van der Waals surface area contributed by atoms with Crippen molar-refractivity contribution >= 4 is 5.78 Å². The summed E-state index contributed by atoms with van der Waals surface area (Å²) in [6.45, 7) is 4.66. The lowest BCUT2D eigenvalue weighted by atomic mass is 10.1. The van der Waals surface area contributed by atoms with Gasteiger partial charge >= 0.3 is 0 Å². The zero-order valence-electron chi connectivity index (χ0n) is 11.4. The third-order valence-electron chi connectivity index (χ3n) is 2.89. The van der Waals surface area contributed by atoms with Gasteiger partial charge in [0.1, 0.15) is 11.4 Å². The SMILES string of the molecule is CCCn1nncc1C(=O)c1ccc(C)cc1OC. The van der Waals surface area contributed by atoms with E-state index in [1.165, 1.54) is 6.20 Å². The molecule has 1 aromatic heterocycles. The van der Waals surface area contributed by atoms with Crippen LogP contribution in [-0.2, 0) is 6.54 Å². The van der Waals surface area contributed by atoms with Gasteiger partial charge in [0.15, 0.2) is 0 Å². The Labute approximate surface area is 112 Å². The van der Waals surface area contributed by atoms with E-state index in [2.05, 4.69) is 10.3 Å². The Balaban J connectivity index is 2.41. The van der Waals surface area contributed by atoms with Crippen molar-refractivity contribution in [3.63, 3.8) is 0 Å². The molecule has 2 aromatic rings. The third-order valence-corrected chi connectivity index (χ3v) is 2.89. The minimum absolute atomic E-state index is 0.115. The van der Waals surface area contributed by atoms with Gasteiger partial charge in [-0.1, -0.05) is 18.2 Å². The number of methoxy groups -OCH3 is 1. The van der Waals surface area contributed by atoms with Gasteiger partial charge in [-0.2, -0.15) is 0 Å². The molecule has 1 aromatic carbocycles. The average molecular weight is 259 g/mol. The summed E-state index contributed by atoms with van der Waals surface area (Å²) in [6, 6.07) is 5.52. The van der Waals surface area contributed by atoms with Crippen LogP contribution in [0.4, 0.5) is 0 Å². The Morgan fingerprint density at radius 1 is 1.42 bits per heavy atom. The van der Waals surface area contributed by atoms with Crippen molar-refractivity contribution in [2.24, 2.45) is 0 Å². The van der Waals surface area contributed by atoms with Crippen molar-refractivity contribution in [3.8, 4) is 5.75 Å². The Kier molecular flexibility index (Phi) is 3.94. The lowest BCUT2D eigenvalue weighted by molar-refractivity contribution is 0.102. The third kappa shape index (κ3) is 2.65. The van der Waals surface area contributed by atoms with E-state index >= 15 is 0 Å². The van der Waals surface area contributed by atoms with Crippen LogP contribution >= 0.6 is 0 Å². The van der Waals surface area contributed by atoms with Gasteiger partial charge in [-0.3, -0.25) is 4.79 Å². The van der Waals surface area contributed by atoms with E-state index in [4.69, 9.17) is 4.74 Å². The van der Waals surface area contributed by atoms with E-state index in [9.17, 15) is 4.79 Å². The standard InChI is InChI=1S/C14H17N3O2/c1-4-7-17-12(9-15-16-17)14(18)11-6-5-10(2)8-13(11)19-3/h5-6,8-9H,4,7H2,1-3H3. The first-order chi connectivity index (χ1) is 9.17. The van der Waals surface area contributed by atoms with E-state index in [0.29, 0.717) is 23.6 Å². The minimum atomic E-state index is -0.115. The number of carbonyl (C=O) groups is 1. The Hall–Kier alpha value is -2.17. The highest BCUT2D eigenvalue weighted by molar-refractivity contribution is 6.09. The van der Waals surface area contributed by atoms with Gasteiger partial charge in [-0.05, 0) is 31.0 Å². The van der Waals surface area contributed by atoms with E-state index in [1.807, 2.05) is 26.0 Å². The predicted octanol–water partition coefficient (Wildman–Crippen LogP) is 2.24. The molecule has 0 N–H and O–H groups in total. The highest BCUT2D eigenvalue weighted by atomic mass is 16.5. The summed E-state index contributed by atoms with van der Waals surface area (Å²) in [7, 11) is 1.56. The summed E-state index contributed by atoms with van der Waals surface area (Å²) >= 11 is 0. The van der Waals surface area contributed by atoms with Gasteiger partial charge in [0.25, 0.3) is 0 Å². The van der Waals surface area contributed by atoms with Gasteiger partial charge < -0.3 is 4.74 Å². The molecule has 0 saturated heterocycles. The van der Waals surface area contributed by atoms with Crippen molar-refractivity contribution in [2.45, 2.75) is 26.8 Å². The number of carbonyl (C=O) groups excluding carboxylic acids is 1. The van der Waals surface area contributed by atoms with Crippen LogP contribution in [0.5, 0.6) is 5.75 Å². The van der Waals surface area contributed by atoms with Crippen LogP contribution < -0.4 is 4.74 Å². The zero-order valence-corrected chi connectivity index (χ0v) is 11.4. The molecule has 2 rings (SSSR count). The Bertz CT molecular complexity index is 590. The van der Waals surface area contributed by atoms with Gasteiger partial charge in [-0.25, -0.2) is 4.68 Å². The maximum Gasteiger partial charge on any atom is 0.216 e. The molecule has 0 spiro atoms. The second kappa shape index (κ2) is 5.65. The first-order valence-electron chi connectivity index (χ1n) is 6.25. The van der Waals surface area contributed by atoms with E-state index in [-0.39, 0.29) is 5.78 Å². The number of aromatic nitrogens is 3. The second-order valence-corrected chi connectivity index (χ2v) is 4.38. The van der Waals surface area contributed by atoms with Crippen LogP contribution in [-0.4, -0.2) is 27.9 Å². The highest BCUT2D eigenvalue weighted by Crippen LogP contribution is 2.22. The summed E-state index contributed by atoms with van der Waals surface area (Å²) in [4.78, 5) is 12.5. The normalized spacial score (nSPS) is 10.5. The fraction of sp³-hybridized carbons (Fsp3) is 0.357. The number of aryl methyl sites for hydroxylation is 2. The van der Waals surface area contributed by atoms with Gasteiger partial charge in [0, 0.05) is 6.54 Å². The number of benzene rings is 1. The van der Waals surface area contributed by atoms with Gasteiger partial charge in [-0.15, -0.1) is 5.10 Å². The first-order valence-corrected chi connectivity index (χ1v) is 6.25. The number of rotatable bonds is 5. The lowest BCUT2D eigenvalue weighted by Crippen LogP contribution is -2.12. The molecule has 100 valence electrons. The molecule has 0 bridgehead atoms. The number of hydrogen-bond acceptors (Lipinski definition) is 4. The predicted molar refractivity (Wildman–Crippen MR) is 71.5 cm³/mol. The zero-order chi connectivity index (χ0) is 13.8. The van der Waals surface area contributed by atoms with Crippen LogP contribution in [0.3, 0.4) is 0 Å². The largest absolute Gasteiger partial charge is 0.496 e. The molecular formula is C14H17N3O2. The molecule has 0 aliphatic heterocycles. The van der Waals surface area contributed by atoms with Gasteiger partial charge in [0.2, 0.25) is 5.78 Å². The number of hydrogen-bond donors (Lipinski definition) is 0. The molecule has 5 nitrogen and oxygen atoms in total. The second-order valence-electron chi connectivity index (χ2n) is 4.38. The monoisotopic (exact) mass is 259 g/mol. The molecular weight excluding hydrogens is 242 g/mol. The maximum absolute atomic E-state index is 12.5. The summed E-state index contributed by atoms with van der Waals surface area (Å²) in [6.07, 6.45) is 2.39. The fourth-order valence-electron chi connectivity index (χ4n) is 1.93. The summed E-state index contributed by atoms with van der Waals surface area (Å²) in [5.74, 6) is 0.463. The summed E-state index contributed by atoms with van der Waals surface area (Å²) < 4.78 is 6.90. The molecule has 0 radical (unpaired) electrons. The Morgan fingerprint density at radius 2 is 2.21 bits per heavy atom. The number of ketones is 1. The molecule has 0 fully saturated rings. The van der Waals surface area contributed by atoms with Crippen LogP contribution in [0.2, 0.25) is 0 Å². The molecule has 0 atom stereocenters. The van der Waals surface area contributed by atoms with Crippen LogP contribution in [0.1, 0.15) is 35.0 Å². The molecule has 0 saturated carbocycles. The van der Waals surface area contributed by atoms with E-state index < -0.39 is 0 Å². The maximum atomic E-state index is 12.5. The lowest BCUT2D eigenvalue weighted by Gasteiger charge is -2.09. The van der Waals surface area contributed by atoms with Crippen LogP contribution in [0.25, 0.3) is 0 Å². The van der Waals surface area contributed by atoms with Gasteiger partial charge in [0.05, 0.1) is 18.9 Å². The first kappa shape index (κ1) is 13.3. The molecule has 5 heteroatoms. The topological polar surface area (TPSA) is 57.0 Å². The number of ether oxygens (including phenoxy) is 1. The number of nitrogens with zero attached hydrogens (tertiary/aromatic N) is 3. The van der Waals surface area contributed by atoms with E-state index in [1.54, 1.807) is 17.9 Å². The van der Waals surface area contributed by atoms with Crippen LogP contribution in [0.15, 0.2) is 24.4 Å².